The third kappa shape index (κ3) is 4.21. The van der Waals surface area contributed by atoms with Crippen LogP contribution in [0, 0.1) is 5.92 Å². The van der Waals surface area contributed by atoms with Crippen LogP contribution in [0.3, 0.4) is 0 Å². The van der Waals surface area contributed by atoms with Crippen molar-refractivity contribution in [1.82, 2.24) is 10.6 Å². The minimum atomic E-state index is -0.0783. The molecule has 88 valence electrons. The molecule has 0 saturated carbocycles. The topological polar surface area (TPSA) is 41.1 Å². The zero-order valence-corrected chi connectivity index (χ0v) is 10.3. The van der Waals surface area contributed by atoms with Crippen molar-refractivity contribution in [1.29, 1.82) is 0 Å². The van der Waals surface area contributed by atoms with Gasteiger partial charge in [0.15, 0.2) is 0 Å². The molecular formula is C12H17ClN2O. The van der Waals surface area contributed by atoms with E-state index in [0.717, 1.165) is 6.54 Å². The van der Waals surface area contributed by atoms with Crippen LogP contribution in [0.4, 0.5) is 0 Å². The fourth-order valence-corrected chi connectivity index (χ4v) is 1.61. The summed E-state index contributed by atoms with van der Waals surface area (Å²) in [5, 5.41) is 6.52. The van der Waals surface area contributed by atoms with Crippen LogP contribution in [-0.4, -0.2) is 26.0 Å². The summed E-state index contributed by atoms with van der Waals surface area (Å²) in [5.41, 5.74) is 0.601. The number of hydrogen-bond donors (Lipinski definition) is 2. The fourth-order valence-electron chi connectivity index (χ4n) is 1.42. The van der Waals surface area contributed by atoms with E-state index in [-0.39, 0.29) is 5.91 Å². The largest absolute Gasteiger partial charge is 0.352 e. The Labute approximate surface area is 101 Å². The quantitative estimate of drug-likeness (QED) is 0.826. The molecule has 0 spiro atoms. The molecule has 0 bridgehead atoms. The Morgan fingerprint density at radius 1 is 1.44 bits per heavy atom. The lowest BCUT2D eigenvalue weighted by Crippen LogP contribution is -2.32. The van der Waals surface area contributed by atoms with Crippen molar-refractivity contribution in [3.63, 3.8) is 0 Å². The second kappa shape index (κ2) is 6.51. The Bertz CT molecular complexity index is 355. The summed E-state index contributed by atoms with van der Waals surface area (Å²) in [6.45, 7) is 3.62. The lowest BCUT2D eigenvalue weighted by molar-refractivity contribution is 0.0948. The van der Waals surface area contributed by atoms with Gasteiger partial charge in [0.05, 0.1) is 0 Å². The van der Waals surface area contributed by atoms with Gasteiger partial charge in [-0.1, -0.05) is 24.6 Å². The zero-order chi connectivity index (χ0) is 12.0. The molecule has 0 aliphatic carbocycles. The van der Waals surface area contributed by atoms with E-state index in [1.54, 1.807) is 24.3 Å². The van der Waals surface area contributed by atoms with Crippen molar-refractivity contribution in [2.45, 2.75) is 6.92 Å². The third-order valence-electron chi connectivity index (χ3n) is 2.25. The normalized spacial score (nSPS) is 12.2. The van der Waals surface area contributed by atoms with Crippen molar-refractivity contribution in [2.75, 3.05) is 20.1 Å². The Morgan fingerprint density at radius 3 is 2.81 bits per heavy atom. The predicted molar refractivity (Wildman–Crippen MR) is 66.9 cm³/mol. The van der Waals surface area contributed by atoms with Crippen molar-refractivity contribution in [2.24, 2.45) is 5.92 Å². The molecule has 1 unspecified atom stereocenters. The molecule has 4 heteroatoms. The third-order valence-corrected chi connectivity index (χ3v) is 2.49. The first kappa shape index (κ1) is 13.0. The molecule has 0 saturated heterocycles. The SMILES string of the molecule is CNCC(C)CNC(=O)c1cccc(Cl)c1. The number of rotatable bonds is 5. The van der Waals surface area contributed by atoms with Gasteiger partial charge in [-0.05, 0) is 37.7 Å². The monoisotopic (exact) mass is 240 g/mol. The first-order valence-electron chi connectivity index (χ1n) is 5.32. The molecule has 0 fully saturated rings. The molecule has 3 nitrogen and oxygen atoms in total. The first-order chi connectivity index (χ1) is 7.63. The van der Waals surface area contributed by atoms with E-state index in [0.29, 0.717) is 23.0 Å². The number of hydrogen-bond acceptors (Lipinski definition) is 2. The van der Waals surface area contributed by atoms with Crippen LogP contribution >= 0.6 is 11.6 Å². The smallest absolute Gasteiger partial charge is 0.251 e. The van der Waals surface area contributed by atoms with E-state index in [1.807, 2.05) is 7.05 Å². The van der Waals surface area contributed by atoms with Crippen LogP contribution < -0.4 is 10.6 Å². The summed E-state index contributed by atoms with van der Waals surface area (Å²) < 4.78 is 0. The highest BCUT2D eigenvalue weighted by atomic mass is 35.5. The summed E-state index contributed by atoms with van der Waals surface area (Å²) in [6.07, 6.45) is 0. The molecule has 0 aromatic heterocycles. The van der Waals surface area contributed by atoms with Gasteiger partial charge in [-0.2, -0.15) is 0 Å². The maximum Gasteiger partial charge on any atom is 0.251 e. The van der Waals surface area contributed by atoms with Crippen LogP contribution in [0.1, 0.15) is 17.3 Å². The Kier molecular flexibility index (Phi) is 5.29. The molecule has 1 aromatic rings. The van der Waals surface area contributed by atoms with Gasteiger partial charge in [0.1, 0.15) is 0 Å². The van der Waals surface area contributed by atoms with Crippen LogP contribution in [0.25, 0.3) is 0 Å². The van der Waals surface area contributed by atoms with E-state index in [4.69, 9.17) is 11.6 Å². The number of nitrogens with one attached hydrogen (secondary N) is 2. The maximum absolute atomic E-state index is 11.7. The highest BCUT2D eigenvalue weighted by molar-refractivity contribution is 6.30. The van der Waals surface area contributed by atoms with Crippen molar-refractivity contribution >= 4 is 17.5 Å². The number of carbonyl (C=O) groups excluding carboxylic acids is 1. The molecule has 0 heterocycles. The standard InChI is InChI=1S/C12H17ClN2O/c1-9(7-14-2)8-15-12(16)10-4-3-5-11(13)6-10/h3-6,9,14H,7-8H2,1-2H3,(H,15,16). The number of amides is 1. The second-order valence-electron chi connectivity index (χ2n) is 3.88. The average Bonchev–Trinajstić information content (AvgIpc) is 2.26. The number of carbonyl (C=O) groups is 1. The van der Waals surface area contributed by atoms with E-state index in [2.05, 4.69) is 17.6 Å². The van der Waals surface area contributed by atoms with Gasteiger partial charge in [-0.15, -0.1) is 0 Å². The van der Waals surface area contributed by atoms with Gasteiger partial charge >= 0.3 is 0 Å². The summed E-state index contributed by atoms with van der Waals surface area (Å²) in [6, 6.07) is 6.94. The highest BCUT2D eigenvalue weighted by Crippen LogP contribution is 2.10. The molecule has 0 aliphatic heterocycles. The zero-order valence-electron chi connectivity index (χ0n) is 9.59. The van der Waals surface area contributed by atoms with E-state index in [9.17, 15) is 4.79 Å². The summed E-state index contributed by atoms with van der Waals surface area (Å²) in [7, 11) is 1.90. The molecular weight excluding hydrogens is 224 g/mol. The first-order valence-corrected chi connectivity index (χ1v) is 5.69. The van der Waals surface area contributed by atoms with Gasteiger partial charge < -0.3 is 10.6 Å². The lowest BCUT2D eigenvalue weighted by Gasteiger charge is -2.11. The van der Waals surface area contributed by atoms with Crippen LogP contribution in [0.5, 0.6) is 0 Å². The molecule has 16 heavy (non-hydrogen) atoms. The van der Waals surface area contributed by atoms with Crippen molar-refractivity contribution in [3.8, 4) is 0 Å². The molecule has 1 aromatic carbocycles. The molecule has 2 N–H and O–H groups in total. The molecule has 1 rings (SSSR count). The Hall–Kier alpha value is -1.06. The minimum absolute atomic E-state index is 0.0783. The molecule has 0 aliphatic rings. The highest BCUT2D eigenvalue weighted by Gasteiger charge is 2.07. The number of benzene rings is 1. The van der Waals surface area contributed by atoms with Gasteiger partial charge in [0.25, 0.3) is 5.91 Å². The van der Waals surface area contributed by atoms with Gasteiger partial charge in [-0.25, -0.2) is 0 Å². The summed E-state index contributed by atoms with van der Waals surface area (Å²) in [5.74, 6) is 0.332. The molecule has 1 amide bonds. The Balaban J connectivity index is 2.47. The van der Waals surface area contributed by atoms with Gasteiger partial charge in [-0.3, -0.25) is 4.79 Å². The van der Waals surface area contributed by atoms with Crippen molar-refractivity contribution in [3.05, 3.63) is 34.9 Å². The number of halogens is 1. The second-order valence-corrected chi connectivity index (χ2v) is 4.32. The Morgan fingerprint density at radius 2 is 2.19 bits per heavy atom. The van der Waals surface area contributed by atoms with Gasteiger partial charge in [0, 0.05) is 17.1 Å². The summed E-state index contributed by atoms with van der Waals surface area (Å²) in [4.78, 5) is 11.7. The van der Waals surface area contributed by atoms with E-state index >= 15 is 0 Å². The van der Waals surface area contributed by atoms with Crippen molar-refractivity contribution < 1.29 is 4.79 Å². The van der Waals surface area contributed by atoms with E-state index in [1.165, 1.54) is 0 Å². The fraction of sp³-hybridized carbons (Fsp3) is 0.417. The van der Waals surface area contributed by atoms with Gasteiger partial charge in [0.2, 0.25) is 0 Å². The maximum atomic E-state index is 11.7. The molecule has 1 atom stereocenters. The van der Waals surface area contributed by atoms with Crippen LogP contribution in [0.15, 0.2) is 24.3 Å². The predicted octanol–water partition coefficient (Wildman–Crippen LogP) is 1.93. The lowest BCUT2D eigenvalue weighted by atomic mass is 10.1. The van der Waals surface area contributed by atoms with Crippen LogP contribution in [-0.2, 0) is 0 Å². The minimum Gasteiger partial charge on any atom is -0.352 e. The molecule has 0 radical (unpaired) electrons. The van der Waals surface area contributed by atoms with Crippen LogP contribution in [0.2, 0.25) is 5.02 Å². The van der Waals surface area contributed by atoms with E-state index < -0.39 is 0 Å². The average molecular weight is 241 g/mol. The summed E-state index contributed by atoms with van der Waals surface area (Å²) >= 11 is 5.81.